The molecule has 0 atom stereocenters. The summed E-state index contributed by atoms with van der Waals surface area (Å²) in [7, 11) is 1.94. The minimum absolute atomic E-state index is 0.568. The first-order chi connectivity index (χ1) is 8.60. The standard InChI is InChI=1S/C14H15N3O/c1-10-3-5-12(18-10)9-17(2)14-6-4-11(8-15)7-13(14)16/h3-7H,9,16H2,1-2H3. The van der Waals surface area contributed by atoms with E-state index in [4.69, 9.17) is 15.4 Å². The number of rotatable bonds is 3. The van der Waals surface area contributed by atoms with Gasteiger partial charge in [0.1, 0.15) is 11.5 Å². The highest BCUT2D eigenvalue weighted by molar-refractivity contribution is 5.69. The molecule has 0 radical (unpaired) electrons. The quantitative estimate of drug-likeness (QED) is 0.839. The molecule has 4 heteroatoms. The third kappa shape index (κ3) is 2.46. The summed E-state index contributed by atoms with van der Waals surface area (Å²) in [4.78, 5) is 1.99. The Morgan fingerprint density at radius 1 is 1.33 bits per heavy atom. The number of aryl methyl sites for hydroxylation is 1. The molecule has 0 bridgehead atoms. The van der Waals surface area contributed by atoms with Crippen molar-refractivity contribution in [2.75, 3.05) is 17.7 Å². The Balaban J connectivity index is 2.19. The van der Waals surface area contributed by atoms with E-state index < -0.39 is 0 Å². The van der Waals surface area contributed by atoms with Gasteiger partial charge in [0.05, 0.1) is 29.6 Å². The highest BCUT2D eigenvalue weighted by Crippen LogP contribution is 2.24. The van der Waals surface area contributed by atoms with Gasteiger partial charge in [0.2, 0.25) is 0 Å². The van der Waals surface area contributed by atoms with E-state index in [1.165, 1.54) is 0 Å². The van der Waals surface area contributed by atoms with Crippen LogP contribution < -0.4 is 10.6 Å². The lowest BCUT2D eigenvalue weighted by atomic mass is 10.2. The van der Waals surface area contributed by atoms with Gasteiger partial charge >= 0.3 is 0 Å². The van der Waals surface area contributed by atoms with Crippen LogP contribution in [0.25, 0.3) is 0 Å². The minimum Gasteiger partial charge on any atom is -0.464 e. The molecule has 0 saturated carbocycles. The largest absolute Gasteiger partial charge is 0.464 e. The minimum atomic E-state index is 0.568. The molecule has 18 heavy (non-hydrogen) atoms. The molecule has 1 aromatic heterocycles. The van der Waals surface area contributed by atoms with Crippen molar-refractivity contribution in [3.63, 3.8) is 0 Å². The molecule has 0 aliphatic carbocycles. The second-order valence-corrected chi connectivity index (χ2v) is 4.25. The van der Waals surface area contributed by atoms with Crippen LogP contribution in [0.3, 0.4) is 0 Å². The summed E-state index contributed by atoms with van der Waals surface area (Å²) in [5.41, 5.74) is 7.99. The van der Waals surface area contributed by atoms with Crippen LogP contribution in [0.5, 0.6) is 0 Å². The van der Waals surface area contributed by atoms with Gasteiger partial charge in [-0.2, -0.15) is 5.26 Å². The number of nitrogen functional groups attached to an aromatic ring is 1. The zero-order valence-corrected chi connectivity index (χ0v) is 10.5. The summed E-state index contributed by atoms with van der Waals surface area (Å²) >= 11 is 0. The summed E-state index contributed by atoms with van der Waals surface area (Å²) in [5, 5.41) is 8.80. The Morgan fingerprint density at radius 3 is 2.67 bits per heavy atom. The van der Waals surface area contributed by atoms with Crippen molar-refractivity contribution in [1.29, 1.82) is 5.26 Å². The van der Waals surface area contributed by atoms with Crippen LogP contribution in [0.1, 0.15) is 17.1 Å². The number of nitriles is 1. The van der Waals surface area contributed by atoms with Crippen LogP contribution in [0.15, 0.2) is 34.7 Å². The maximum atomic E-state index is 8.80. The van der Waals surface area contributed by atoms with E-state index in [1.54, 1.807) is 12.1 Å². The molecular formula is C14H15N3O. The topological polar surface area (TPSA) is 66.2 Å². The molecule has 2 N–H and O–H groups in total. The van der Waals surface area contributed by atoms with Crippen LogP contribution in [0.4, 0.5) is 11.4 Å². The molecule has 0 aliphatic rings. The fourth-order valence-corrected chi connectivity index (χ4v) is 1.86. The Bertz CT molecular complexity index is 595. The van der Waals surface area contributed by atoms with E-state index in [9.17, 15) is 0 Å². The molecular weight excluding hydrogens is 226 g/mol. The number of anilines is 2. The summed E-state index contributed by atoms with van der Waals surface area (Å²) in [6.07, 6.45) is 0. The van der Waals surface area contributed by atoms with Crippen molar-refractivity contribution in [2.24, 2.45) is 0 Å². The highest BCUT2D eigenvalue weighted by Gasteiger charge is 2.08. The van der Waals surface area contributed by atoms with Crippen molar-refractivity contribution in [3.05, 3.63) is 47.4 Å². The maximum Gasteiger partial charge on any atom is 0.123 e. The highest BCUT2D eigenvalue weighted by atomic mass is 16.3. The molecule has 0 saturated heterocycles. The molecule has 2 rings (SSSR count). The molecule has 0 unspecified atom stereocenters. The summed E-state index contributed by atoms with van der Waals surface area (Å²) in [5.74, 6) is 1.78. The number of benzene rings is 1. The van der Waals surface area contributed by atoms with Crippen molar-refractivity contribution in [2.45, 2.75) is 13.5 Å². The van der Waals surface area contributed by atoms with Crippen LogP contribution >= 0.6 is 0 Å². The normalized spacial score (nSPS) is 10.1. The Morgan fingerprint density at radius 2 is 2.11 bits per heavy atom. The molecule has 1 aromatic carbocycles. The molecule has 0 spiro atoms. The lowest BCUT2D eigenvalue weighted by molar-refractivity contribution is 0.482. The third-order valence-electron chi connectivity index (χ3n) is 2.76. The van der Waals surface area contributed by atoms with Crippen molar-refractivity contribution >= 4 is 11.4 Å². The third-order valence-corrected chi connectivity index (χ3v) is 2.76. The van der Waals surface area contributed by atoms with E-state index in [2.05, 4.69) is 6.07 Å². The Kier molecular flexibility index (Phi) is 3.24. The van der Waals surface area contributed by atoms with Crippen LogP contribution in [-0.2, 0) is 6.54 Å². The van der Waals surface area contributed by atoms with Crippen molar-refractivity contribution in [3.8, 4) is 6.07 Å². The van der Waals surface area contributed by atoms with Gasteiger partial charge < -0.3 is 15.1 Å². The zero-order chi connectivity index (χ0) is 13.1. The van der Waals surface area contributed by atoms with Crippen LogP contribution in [-0.4, -0.2) is 7.05 Å². The molecule has 1 heterocycles. The number of nitrogens with zero attached hydrogens (tertiary/aromatic N) is 2. The van der Waals surface area contributed by atoms with Gasteiger partial charge in [0, 0.05) is 7.05 Å². The fraction of sp³-hybridized carbons (Fsp3) is 0.214. The average molecular weight is 241 g/mol. The van der Waals surface area contributed by atoms with Crippen molar-refractivity contribution < 1.29 is 4.42 Å². The molecule has 4 nitrogen and oxygen atoms in total. The smallest absolute Gasteiger partial charge is 0.123 e. The van der Waals surface area contributed by atoms with Gasteiger partial charge in [-0.25, -0.2) is 0 Å². The van der Waals surface area contributed by atoms with Crippen LogP contribution in [0, 0.1) is 18.3 Å². The van der Waals surface area contributed by atoms with Crippen molar-refractivity contribution in [1.82, 2.24) is 0 Å². The molecule has 0 aliphatic heterocycles. The van der Waals surface area contributed by atoms with E-state index in [1.807, 2.05) is 37.1 Å². The first-order valence-electron chi connectivity index (χ1n) is 5.66. The van der Waals surface area contributed by atoms with Crippen LogP contribution in [0.2, 0.25) is 0 Å². The van der Waals surface area contributed by atoms with E-state index in [0.717, 1.165) is 17.2 Å². The second-order valence-electron chi connectivity index (χ2n) is 4.25. The second kappa shape index (κ2) is 4.84. The SMILES string of the molecule is Cc1ccc(CN(C)c2ccc(C#N)cc2N)o1. The van der Waals surface area contributed by atoms with E-state index in [-0.39, 0.29) is 0 Å². The molecule has 92 valence electrons. The summed E-state index contributed by atoms with van der Waals surface area (Å²) in [6, 6.07) is 11.2. The first kappa shape index (κ1) is 12.1. The molecule has 2 aromatic rings. The van der Waals surface area contributed by atoms with Gasteiger partial charge in [-0.15, -0.1) is 0 Å². The van der Waals surface area contributed by atoms with Gasteiger partial charge in [0.25, 0.3) is 0 Å². The average Bonchev–Trinajstić information content (AvgIpc) is 2.74. The number of hydrogen-bond donors (Lipinski definition) is 1. The molecule has 0 fully saturated rings. The predicted octanol–water partition coefficient (Wildman–Crippen LogP) is 2.68. The predicted molar refractivity (Wildman–Crippen MR) is 71.1 cm³/mol. The maximum absolute atomic E-state index is 8.80. The molecule has 0 amide bonds. The monoisotopic (exact) mass is 241 g/mol. The fourth-order valence-electron chi connectivity index (χ4n) is 1.86. The van der Waals surface area contributed by atoms with E-state index in [0.29, 0.717) is 17.8 Å². The zero-order valence-electron chi connectivity index (χ0n) is 10.5. The van der Waals surface area contributed by atoms with Gasteiger partial charge in [-0.05, 0) is 37.3 Å². The number of furan rings is 1. The lowest BCUT2D eigenvalue weighted by Gasteiger charge is -2.19. The van der Waals surface area contributed by atoms with Gasteiger partial charge in [0.15, 0.2) is 0 Å². The van der Waals surface area contributed by atoms with Gasteiger partial charge in [-0.3, -0.25) is 0 Å². The van der Waals surface area contributed by atoms with E-state index >= 15 is 0 Å². The first-order valence-corrected chi connectivity index (χ1v) is 5.66. The Hall–Kier alpha value is -2.41. The lowest BCUT2D eigenvalue weighted by Crippen LogP contribution is -2.17. The summed E-state index contributed by atoms with van der Waals surface area (Å²) < 4.78 is 5.53. The number of hydrogen-bond acceptors (Lipinski definition) is 4. The Labute approximate surface area is 106 Å². The number of nitrogens with two attached hydrogens (primary N) is 1. The summed E-state index contributed by atoms with van der Waals surface area (Å²) in [6.45, 7) is 2.56. The van der Waals surface area contributed by atoms with Gasteiger partial charge in [-0.1, -0.05) is 0 Å².